The monoisotopic (exact) mass is 573 g/mol. The minimum Gasteiger partial charge on any atom is -0.507 e. The van der Waals surface area contributed by atoms with Gasteiger partial charge in [-0.25, -0.2) is 0 Å². The lowest BCUT2D eigenvalue weighted by molar-refractivity contribution is 0.477. The van der Waals surface area contributed by atoms with E-state index in [9.17, 15) is 5.11 Å². The van der Waals surface area contributed by atoms with Crippen LogP contribution in [0.2, 0.25) is 0 Å². The average molecular weight is 574 g/mol. The summed E-state index contributed by atoms with van der Waals surface area (Å²) in [6.07, 6.45) is 0. The molecule has 3 nitrogen and oxygen atoms in total. The van der Waals surface area contributed by atoms with Crippen LogP contribution in [0, 0.1) is 0 Å². The van der Waals surface area contributed by atoms with Crippen LogP contribution in [-0.2, 0) is 0 Å². The molecule has 0 amide bonds. The zero-order chi connectivity index (χ0) is 29.1. The summed E-state index contributed by atoms with van der Waals surface area (Å²) < 4.78 is 8.80. The fourth-order valence-electron chi connectivity index (χ4n) is 6.29. The number of thiophene rings is 1. The standard InChI is InChI=1S/C39H27NO2S/c1-23(40-2)28-8-6-11-35-39(28)32-21-27(18-20-34(32)42-35)29-9-5-10-33(41)38(29)25-15-13-24(14-16-25)26-17-19-31-30-7-3-4-12-36(30)43-37(31)22-26/h3-23,41H,2H2,1H3. The summed E-state index contributed by atoms with van der Waals surface area (Å²) in [5.41, 5.74) is 8.80. The van der Waals surface area contributed by atoms with Gasteiger partial charge in [-0.15, -0.1) is 11.3 Å². The predicted octanol–water partition coefficient (Wildman–Crippen LogP) is 11.4. The molecule has 8 aromatic rings. The summed E-state index contributed by atoms with van der Waals surface area (Å²) in [4.78, 5) is 4.27. The van der Waals surface area contributed by atoms with Crippen molar-refractivity contribution in [1.82, 2.24) is 0 Å². The molecule has 0 saturated heterocycles. The van der Waals surface area contributed by atoms with Gasteiger partial charge in [0.2, 0.25) is 0 Å². The molecule has 2 aromatic heterocycles. The fraction of sp³-hybridized carbons (Fsp3) is 0.0513. The van der Waals surface area contributed by atoms with Crippen LogP contribution in [-0.4, -0.2) is 11.8 Å². The van der Waals surface area contributed by atoms with E-state index in [4.69, 9.17) is 4.42 Å². The average Bonchev–Trinajstić information content (AvgIpc) is 3.62. The Morgan fingerprint density at radius 3 is 2.26 bits per heavy atom. The Morgan fingerprint density at radius 2 is 1.40 bits per heavy atom. The third kappa shape index (κ3) is 4.14. The molecule has 0 aliphatic rings. The van der Waals surface area contributed by atoms with Crippen molar-refractivity contribution < 1.29 is 9.52 Å². The van der Waals surface area contributed by atoms with E-state index in [0.717, 1.165) is 55.3 Å². The second kappa shape index (κ2) is 9.97. The van der Waals surface area contributed by atoms with Gasteiger partial charge in [-0.2, -0.15) is 0 Å². The molecule has 8 rings (SSSR count). The first-order valence-corrected chi connectivity index (χ1v) is 15.2. The van der Waals surface area contributed by atoms with E-state index >= 15 is 0 Å². The molecule has 0 radical (unpaired) electrons. The molecule has 1 N–H and O–H groups in total. The zero-order valence-corrected chi connectivity index (χ0v) is 24.4. The Kier molecular flexibility index (Phi) is 5.92. The highest BCUT2D eigenvalue weighted by Crippen LogP contribution is 2.43. The summed E-state index contributed by atoms with van der Waals surface area (Å²) >= 11 is 1.83. The number of fused-ring (bicyclic) bond motifs is 6. The molecule has 2 heterocycles. The highest BCUT2D eigenvalue weighted by Gasteiger charge is 2.18. The van der Waals surface area contributed by atoms with Crippen LogP contribution in [0.1, 0.15) is 18.5 Å². The Morgan fingerprint density at radius 1 is 0.651 bits per heavy atom. The quantitative estimate of drug-likeness (QED) is 0.208. The van der Waals surface area contributed by atoms with Crippen LogP contribution in [0.25, 0.3) is 75.5 Å². The summed E-state index contributed by atoms with van der Waals surface area (Å²) in [6.45, 7) is 5.81. The number of rotatable bonds is 5. The topological polar surface area (TPSA) is 45.7 Å². The number of phenols is 1. The molecule has 43 heavy (non-hydrogen) atoms. The van der Waals surface area contributed by atoms with Gasteiger partial charge in [0.05, 0.1) is 6.04 Å². The van der Waals surface area contributed by atoms with Gasteiger partial charge in [0.25, 0.3) is 0 Å². The van der Waals surface area contributed by atoms with Crippen molar-refractivity contribution in [2.24, 2.45) is 4.99 Å². The minimum atomic E-state index is -0.0532. The number of phenolic OH excluding ortho intramolecular Hbond substituents is 1. The van der Waals surface area contributed by atoms with Gasteiger partial charge in [-0.05, 0) is 83.4 Å². The smallest absolute Gasteiger partial charge is 0.135 e. The summed E-state index contributed by atoms with van der Waals surface area (Å²) in [5.74, 6) is 0.249. The minimum absolute atomic E-state index is 0.0532. The van der Waals surface area contributed by atoms with Crippen LogP contribution >= 0.6 is 11.3 Å². The predicted molar refractivity (Wildman–Crippen MR) is 183 cm³/mol. The molecule has 1 atom stereocenters. The van der Waals surface area contributed by atoms with Gasteiger partial charge in [0, 0.05) is 36.5 Å². The molecule has 0 bridgehead atoms. The van der Waals surface area contributed by atoms with Crippen molar-refractivity contribution in [2.45, 2.75) is 13.0 Å². The van der Waals surface area contributed by atoms with Gasteiger partial charge < -0.3 is 9.52 Å². The fourth-order valence-corrected chi connectivity index (χ4v) is 7.43. The first-order chi connectivity index (χ1) is 21.1. The second-order valence-corrected chi connectivity index (χ2v) is 12.1. The molecular weight excluding hydrogens is 547 g/mol. The maximum Gasteiger partial charge on any atom is 0.135 e. The van der Waals surface area contributed by atoms with Gasteiger partial charge in [-0.1, -0.05) is 84.9 Å². The van der Waals surface area contributed by atoms with E-state index < -0.39 is 0 Å². The first kappa shape index (κ1) is 25.5. The van der Waals surface area contributed by atoms with E-state index in [1.807, 2.05) is 42.5 Å². The molecule has 4 heteroatoms. The molecule has 0 fully saturated rings. The lowest BCUT2D eigenvalue weighted by Gasteiger charge is -2.13. The largest absolute Gasteiger partial charge is 0.507 e. The Balaban J connectivity index is 1.22. The van der Waals surface area contributed by atoms with Crippen LogP contribution in [0.15, 0.2) is 131 Å². The summed E-state index contributed by atoms with van der Waals surface area (Å²) in [5, 5.41) is 15.8. The highest BCUT2D eigenvalue weighted by atomic mass is 32.1. The van der Waals surface area contributed by atoms with Crippen molar-refractivity contribution in [2.75, 3.05) is 0 Å². The molecular formula is C39H27NO2S. The molecule has 206 valence electrons. The normalized spacial score (nSPS) is 12.4. The van der Waals surface area contributed by atoms with E-state index in [0.29, 0.717) is 0 Å². The van der Waals surface area contributed by atoms with Crippen LogP contribution in [0.3, 0.4) is 0 Å². The second-order valence-electron chi connectivity index (χ2n) is 11.0. The maximum absolute atomic E-state index is 11.1. The van der Waals surface area contributed by atoms with Crippen LogP contribution in [0.4, 0.5) is 0 Å². The van der Waals surface area contributed by atoms with Gasteiger partial charge >= 0.3 is 0 Å². The van der Waals surface area contributed by atoms with Crippen molar-refractivity contribution in [3.8, 4) is 39.1 Å². The SMILES string of the molecule is C=NC(C)c1cccc2oc3ccc(-c4cccc(O)c4-c4ccc(-c5ccc6c(c5)sc5ccccc56)cc4)cc3c12. The van der Waals surface area contributed by atoms with E-state index in [2.05, 4.69) is 103 Å². The molecule has 0 aliphatic carbocycles. The third-order valence-corrected chi connectivity index (χ3v) is 9.62. The molecule has 0 aliphatic heterocycles. The number of nitrogens with zero attached hydrogens (tertiary/aromatic N) is 1. The molecule has 0 saturated carbocycles. The lowest BCUT2D eigenvalue weighted by Crippen LogP contribution is -1.90. The van der Waals surface area contributed by atoms with Gasteiger partial charge in [-0.3, -0.25) is 4.99 Å². The van der Waals surface area contributed by atoms with Crippen molar-refractivity contribution >= 4 is 60.2 Å². The van der Waals surface area contributed by atoms with Gasteiger partial charge in [0.15, 0.2) is 0 Å². The number of aromatic hydroxyl groups is 1. The molecule has 1 unspecified atom stereocenters. The van der Waals surface area contributed by atoms with Crippen LogP contribution < -0.4 is 0 Å². The Labute approximate surface area is 253 Å². The highest BCUT2D eigenvalue weighted by molar-refractivity contribution is 7.25. The van der Waals surface area contributed by atoms with E-state index in [-0.39, 0.29) is 11.8 Å². The number of benzene rings is 6. The summed E-state index contributed by atoms with van der Waals surface area (Å²) in [7, 11) is 0. The first-order valence-electron chi connectivity index (χ1n) is 14.3. The molecule has 6 aromatic carbocycles. The number of hydrogen-bond donors (Lipinski definition) is 1. The third-order valence-electron chi connectivity index (χ3n) is 8.49. The molecule has 0 spiro atoms. The summed E-state index contributed by atoms with van der Waals surface area (Å²) in [6, 6.07) is 41.7. The van der Waals surface area contributed by atoms with E-state index in [1.165, 1.54) is 25.7 Å². The van der Waals surface area contributed by atoms with Crippen molar-refractivity contribution in [3.63, 3.8) is 0 Å². The van der Waals surface area contributed by atoms with Crippen molar-refractivity contribution in [1.29, 1.82) is 0 Å². The van der Waals surface area contributed by atoms with Crippen LogP contribution in [0.5, 0.6) is 5.75 Å². The number of furan rings is 1. The van der Waals surface area contributed by atoms with Gasteiger partial charge in [0.1, 0.15) is 16.9 Å². The Hall–Kier alpha value is -5.19. The van der Waals surface area contributed by atoms with E-state index in [1.54, 1.807) is 6.07 Å². The number of aliphatic imine (C=N–C) groups is 1. The van der Waals surface area contributed by atoms with Crippen molar-refractivity contribution in [3.05, 3.63) is 127 Å². The lowest BCUT2D eigenvalue weighted by atomic mass is 9.91. The number of hydrogen-bond acceptors (Lipinski definition) is 4. The zero-order valence-electron chi connectivity index (χ0n) is 23.5. The maximum atomic E-state index is 11.1. The Bertz CT molecular complexity index is 2340.